The van der Waals surface area contributed by atoms with Gasteiger partial charge in [0.1, 0.15) is 0 Å². The molecule has 0 bridgehead atoms. The maximum atomic E-state index is 11.7. The molecule has 0 radical (unpaired) electrons. The Bertz CT molecular complexity index is 427. The summed E-state index contributed by atoms with van der Waals surface area (Å²) in [6.45, 7) is 5.76. The van der Waals surface area contributed by atoms with Crippen LogP contribution in [-0.4, -0.2) is 24.0 Å². The van der Waals surface area contributed by atoms with Gasteiger partial charge in [-0.15, -0.1) is 0 Å². The van der Waals surface area contributed by atoms with Crippen molar-refractivity contribution >= 4 is 5.97 Å². The topological polar surface area (TPSA) is 44.8 Å². The van der Waals surface area contributed by atoms with Crippen LogP contribution in [0.5, 0.6) is 0 Å². The normalized spacial score (nSPS) is 26.1. The van der Waals surface area contributed by atoms with E-state index in [0.717, 1.165) is 5.56 Å². The van der Waals surface area contributed by atoms with Crippen LogP contribution >= 0.6 is 0 Å². The summed E-state index contributed by atoms with van der Waals surface area (Å²) in [5.74, 6) is -1.25. The second kappa shape index (κ2) is 4.71. The number of esters is 1. The zero-order chi connectivity index (χ0) is 13.2. The summed E-state index contributed by atoms with van der Waals surface area (Å²) in [7, 11) is 0. The third-order valence-corrected chi connectivity index (χ3v) is 2.73. The van der Waals surface area contributed by atoms with Gasteiger partial charge in [-0.05, 0) is 12.5 Å². The third kappa shape index (κ3) is 2.89. The molecule has 2 rings (SSSR count). The quantitative estimate of drug-likeness (QED) is 0.769. The lowest BCUT2D eigenvalue weighted by Crippen LogP contribution is -2.38. The summed E-state index contributed by atoms with van der Waals surface area (Å²) in [4.78, 5) is 11.7. The molecule has 1 aromatic carbocycles. The van der Waals surface area contributed by atoms with E-state index in [1.807, 2.05) is 30.3 Å². The maximum Gasteiger partial charge on any atom is 0.343 e. The van der Waals surface area contributed by atoms with Crippen LogP contribution in [0.15, 0.2) is 30.3 Å². The first kappa shape index (κ1) is 13.1. The lowest BCUT2D eigenvalue weighted by Gasteiger charge is -2.21. The van der Waals surface area contributed by atoms with Crippen LogP contribution in [0.4, 0.5) is 0 Å². The van der Waals surface area contributed by atoms with Crippen LogP contribution in [0.3, 0.4) is 0 Å². The van der Waals surface area contributed by atoms with Gasteiger partial charge >= 0.3 is 5.97 Å². The van der Waals surface area contributed by atoms with E-state index < -0.39 is 11.4 Å². The zero-order valence-electron chi connectivity index (χ0n) is 10.9. The predicted octanol–water partition coefficient (Wildman–Crippen LogP) is 2.27. The molecule has 4 nitrogen and oxygen atoms in total. The SMILES string of the molecule is CC1(C)OC(=O)C(C)(COCc2ccccc2)O1. The Morgan fingerprint density at radius 2 is 1.83 bits per heavy atom. The molecule has 4 heteroatoms. The van der Waals surface area contributed by atoms with Crippen molar-refractivity contribution in [2.75, 3.05) is 6.61 Å². The molecule has 0 aliphatic carbocycles. The van der Waals surface area contributed by atoms with E-state index in [2.05, 4.69) is 0 Å². The zero-order valence-corrected chi connectivity index (χ0v) is 10.9. The molecular formula is C14H18O4. The van der Waals surface area contributed by atoms with Gasteiger partial charge < -0.3 is 14.2 Å². The summed E-state index contributed by atoms with van der Waals surface area (Å²) in [5.41, 5.74) is 0.0462. The standard InChI is InChI=1S/C14H18O4/c1-13(2)17-12(15)14(3,18-13)10-16-9-11-7-5-4-6-8-11/h4-8H,9-10H2,1-3H3. The Morgan fingerprint density at radius 3 is 2.39 bits per heavy atom. The average molecular weight is 250 g/mol. The third-order valence-electron chi connectivity index (χ3n) is 2.73. The van der Waals surface area contributed by atoms with Crippen molar-refractivity contribution in [2.24, 2.45) is 0 Å². The van der Waals surface area contributed by atoms with E-state index in [4.69, 9.17) is 14.2 Å². The summed E-state index contributed by atoms with van der Waals surface area (Å²) >= 11 is 0. The molecule has 1 aliphatic heterocycles. The van der Waals surface area contributed by atoms with Gasteiger partial charge in [-0.2, -0.15) is 0 Å². The minimum atomic E-state index is -1.02. The van der Waals surface area contributed by atoms with E-state index >= 15 is 0 Å². The smallest absolute Gasteiger partial charge is 0.343 e. The fourth-order valence-electron chi connectivity index (χ4n) is 1.96. The second-order valence-corrected chi connectivity index (χ2v) is 5.10. The monoisotopic (exact) mass is 250 g/mol. The van der Waals surface area contributed by atoms with Crippen molar-refractivity contribution in [3.8, 4) is 0 Å². The van der Waals surface area contributed by atoms with E-state index in [0.29, 0.717) is 6.61 Å². The highest BCUT2D eigenvalue weighted by Gasteiger charge is 2.50. The second-order valence-electron chi connectivity index (χ2n) is 5.10. The minimum absolute atomic E-state index is 0.185. The predicted molar refractivity (Wildman–Crippen MR) is 65.8 cm³/mol. The number of ether oxygens (including phenoxy) is 3. The maximum absolute atomic E-state index is 11.7. The molecule has 18 heavy (non-hydrogen) atoms. The van der Waals surface area contributed by atoms with Crippen LogP contribution in [-0.2, 0) is 25.6 Å². The number of cyclic esters (lactones) is 1. The van der Waals surface area contributed by atoms with Gasteiger partial charge in [0.15, 0.2) is 5.60 Å². The van der Waals surface area contributed by atoms with Gasteiger partial charge in [-0.3, -0.25) is 0 Å². The van der Waals surface area contributed by atoms with E-state index in [1.165, 1.54) is 0 Å². The highest BCUT2D eigenvalue weighted by atomic mass is 16.8. The highest BCUT2D eigenvalue weighted by molar-refractivity contribution is 5.81. The van der Waals surface area contributed by atoms with Gasteiger partial charge in [0.25, 0.3) is 0 Å². The Labute approximate surface area is 107 Å². The Hall–Kier alpha value is -1.39. The molecular weight excluding hydrogens is 232 g/mol. The van der Waals surface area contributed by atoms with Gasteiger partial charge in [-0.1, -0.05) is 30.3 Å². The minimum Gasteiger partial charge on any atom is -0.431 e. The molecule has 1 aromatic rings. The van der Waals surface area contributed by atoms with Gasteiger partial charge in [0, 0.05) is 13.8 Å². The summed E-state index contributed by atoms with van der Waals surface area (Å²) in [5, 5.41) is 0. The van der Waals surface area contributed by atoms with Crippen molar-refractivity contribution in [3.05, 3.63) is 35.9 Å². The fourth-order valence-corrected chi connectivity index (χ4v) is 1.96. The summed E-state index contributed by atoms with van der Waals surface area (Å²) < 4.78 is 16.3. The lowest BCUT2D eigenvalue weighted by atomic mass is 10.1. The number of rotatable bonds is 4. The fraction of sp³-hybridized carbons (Fsp3) is 0.500. The van der Waals surface area contributed by atoms with E-state index in [9.17, 15) is 4.79 Å². The van der Waals surface area contributed by atoms with Crippen molar-refractivity contribution in [3.63, 3.8) is 0 Å². The molecule has 0 spiro atoms. The summed E-state index contributed by atoms with van der Waals surface area (Å²) in [6.07, 6.45) is 0. The Kier molecular flexibility index (Phi) is 3.41. The molecule has 98 valence electrons. The van der Waals surface area contributed by atoms with Crippen LogP contribution in [0.1, 0.15) is 26.3 Å². The average Bonchev–Trinajstić information content (AvgIpc) is 2.49. The summed E-state index contributed by atoms with van der Waals surface area (Å²) in [6, 6.07) is 9.79. The van der Waals surface area contributed by atoms with E-state index in [1.54, 1.807) is 20.8 Å². The molecule has 1 heterocycles. The first-order valence-corrected chi connectivity index (χ1v) is 5.97. The molecule has 1 unspecified atom stereocenters. The van der Waals surface area contributed by atoms with Gasteiger partial charge in [0.05, 0.1) is 13.2 Å². The molecule has 0 amide bonds. The molecule has 0 N–H and O–H groups in total. The molecule has 0 aromatic heterocycles. The van der Waals surface area contributed by atoms with Crippen LogP contribution in [0.25, 0.3) is 0 Å². The number of carbonyl (C=O) groups is 1. The van der Waals surface area contributed by atoms with Crippen LogP contribution < -0.4 is 0 Å². The number of hydrogen-bond acceptors (Lipinski definition) is 4. The first-order valence-electron chi connectivity index (χ1n) is 5.97. The molecule has 0 saturated carbocycles. The first-order chi connectivity index (χ1) is 8.41. The number of hydrogen-bond donors (Lipinski definition) is 0. The van der Waals surface area contributed by atoms with Gasteiger partial charge in [-0.25, -0.2) is 4.79 Å². The number of carbonyl (C=O) groups excluding carboxylic acids is 1. The van der Waals surface area contributed by atoms with Crippen LogP contribution in [0.2, 0.25) is 0 Å². The van der Waals surface area contributed by atoms with E-state index in [-0.39, 0.29) is 12.6 Å². The molecule has 1 aliphatic rings. The van der Waals surface area contributed by atoms with Crippen molar-refractivity contribution in [1.29, 1.82) is 0 Å². The van der Waals surface area contributed by atoms with Crippen molar-refractivity contribution < 1.29 is 19.0 Å². The Morgan fingerprint density at radius 1 is 1.17 bits per heavy atom. The van der Waals surface area contributed by atoms with Crippen molar-refractivity contribution in [1.82, 2.24) is 0 Å². The molecule has 1 fully saturated rings. The van der Waals surface area contributed by atoms with Gasteiger partial charge in [0.2, 0.25) is 5.79 Å². The highest BCUT2D eigenvalue weighted by Crippen LogP contribution is 2.32. The van der Waals surface area contributed by atoms with Crippen molar-refractivity contribution in [2.45, 2.75) is 38.8 Å². The molecule has 1 atom stereocenters. The number of benzene rings is 1. The Balaban J connectivity index is 1.89. The lowest BCUT2D eigenvalue weighted by molar-refractivity contribution is -0.171. The molecule has 1 saturated heterocycles. The largest absolute Gasteiger partial charge is 0.431 e. The van der Waals surface area contributed by atoms with Crippen LogP contribution in [0, 0.1) is 0 Å².